The van der Waals surface area contributed by atoms with Crippen LogP contribution < -0.4 is 20.3 Å². The number of ketones is 1. The Bertz CT molecular complexity index is 1310. The van der Waals surface area contributed by atoms with Gasteiger partial charge in [-0.05, 0) is 54.7 Å². The summed E-state index contributed by atoms with van der Waals surface area (Å²) in [6.07, 6.45) is 1.65. The average Bonchev–Trinajstić information content (AvgIpc) is 2.84. The molecule has 2 aromatic carbocycles. The monoisotopic (exact) mass is 460 g/mol. The number of fused-ring (bicyclic) bond motifs is 1. The summed E-state index contributed by atoms with van der Waals surface area (Å²) in [7, 11) is 3.01. The number of carbonyl (C=O) groups excluding carboxylic acids is 2. The summed E-state index contributed by atoms with van der Waals surface area (Å²) in [5, 5.41) is 2.75. The lowest BCUT2D eigenvalue weighted by atomic mass is 9.92. The Labute approximate surface area is 198 Å². The highest BCUT2D eigenvalue weighted by Crippen LogP contribution is 2.30. The molecule has 3 aromatic rings. The molecule has 1 aliphatic rings. The largest absolute Gasteiger partial charge is 0.497 e. The van der Waals surface area contributed by atoms with Crippen molar-refractivity contribution in [1.29, 1.82) is 0 Å². The SMILES string of the molecule is COc1ccc(OC)c(NC(=O)c2cc3c(n(-c4ccc(C(C)C)cc4)c2=O)CCCC3=O)c1. The number of anilines is 1. The Kier molecular flexibility index (Phi) is 6.54. The molecule has 0 aliphatic heterocycles. The van der Waals surface area contributed by atoms with Crippen molar-refractivity contribution >= 4 is 17.4 Å². The molecule has 0 fully saturated rings. The number of hydrogen-bond acceptors (Lipinski definition) is 5. The summed E-state index contributed by atoms with van der Waals surface area (Å²) in [6, 6.07) is 14.1. The van der Waals surface area contributed by atoms with Crippen molar-refractivity contribution < 1.29 is 19.1 Å². The minimum atomic E-state index is -0.620. The molecule has 0 saturated heterocycles. The van der Waals surface area contributed by atoms with E-state index < -0.39 is 11.5 Å². The summed E-state index contributed by atoms with van der Waals surface area (Å²) in [4.78, 5) is 39.7. The van der Waals surface area contributed by atoms with Crippen molar-refractivity contribution in [2.75, 3.05) is 19.5 Å². The van der Waals surface area contributed by atoms with Crippen LogP contribution in [0.1, 0.15) is 64.6 Å². The van der Waals surface area contributed by atoms with Gasteiger partial charge in [-0.1, -0.05) is 26.0 Å². The molecule has 1 heterocycles. The highest BCUT2D eigenvalue weighted by molar-refractivity contribution is 6.07. The molecular weight excluding hydrogens is 432 g/mol. The number of Topliss-reactive ketones (excluding diaryl/α,β-unsaturated/α-hetero) is 1. The number of carbonyl (C=O) groups is 2. The molecule has 1 aliphatic carbocycles. The predicted molar refractivity (Wildman–Crippen MR) is 131 cm³/mol. The summed E-state index contributed by atoms with van der Waals surface area (Å²) in [5.41, 5.74) is 2.63. The van der Waals surface area contributed by atoms with Crippen LogP contribution in [-0.4, -0.2) is 30.5 Å². The lowest BCUT2D eigenvalue weighted by Gasteiger charge is -2.22. The second-order valence-corrected chi connectivity index (χ2v) is 8.60. The number of pyridine rings is 1. The van der Waals surface area contributed by atoms with Gasteiger partial charge in [0.2, 0.25) is 0 Å². The van der Waals surface area contributed by atoms with Gasteiger partial charge in [-0.25, -0.2) is 0 Å². The number of aromatic nitrogens is 1. The van der Waals surface area contributed by atoms with E-state index in [4.69, 9.17) is 9.47 Å². The van der Waals surface area contributed by atoms with Gasteiger partial charge in [0, 0.05) is 29.4 Å². The van der Waals surface area contributed by atoms with E-state index in [2.05, 4.69) is 19.2 Å². The van der Waals surface area contributed by atoms with E-state index in [9.17, 15) is 14.4 Å². The van der Waals surface area contributed by atoms with Crippen LogP contribution in [0.4, 0.5) is 5.69 Å². The van der Waals surface area contributed by atoms with E-state index >= 15 is 0 Å². The van der Waals surface area contributed by atoms with E-state index in [1.54, 1.807) is 18.2 Å². The number of amides is 1. The van der Waals surface area contributed by atoms with Gasteiger partial charge < -0.3 is 14.8 Å². The fourth-order valence-corrected chi connectivity index (χ4v) is 4.24. The molecule has 1 aromatic heterocycles. The normalized spacial score (nSPS) is 12.9. The number of nitrogens with zero attached hydrogens (tertiary/aromatic N) is 1. The van der Waals surface area contributed by atoms with Gasteiger partial charge in [-0.15, -0.1) is 0 Å². The van der Waals surface area contributed by atoms with Gasteiger partial charge in [-0.2, -0.15) is 0 Å². The van der Waals surface area contributed by atoms with E-state index in [-0.39, 0.29) is 11.3 Å². The zero-order chi connectivity index (χ0) is 24.4. The molecule has 0 saturated carbocycles. The van der Waals surface area contributed by atoms with Gasteiger partial charge in [-0.3, -0.25) is 19.0 Å². The van der Waals surface area contributed by atoms with E-state index in [1.807, 2.05) is 24.3 Å². The van der Waals surface area contributed by atoms with Crippen molar-refractivity contribution in [2.24, 2.45) is 0 Å². The number of nitrogens with one attached hydrogen (secondary N) is 1. The Hall–Kier alpha value is -3.87. The molecule has 7 nitrogen and oxygen atoms in total. The number of benzene rings is 2. The van der Waals surface area contributed by atoms with Crippen LogP contribution in [0.3, 0.4) is 0 Å². The van der Waals surface area contributed by atoms with E-state index in [0.717, 1.165) is 5.56 Å². The first-order valence-corrected chi connectivity index (χ1v) is 11.3. The molecule has 0 unspecified atom stereocenters. The molecule has 1 amide bonds. The number of hydrogen-bond donors (Lipinski definition) is 1. The minimum Gasteiger partial charge on any atom is -0.497 e. The van der Waals surface area contributed by atoms with E-state index in [1.165, 1.54) is 24.9 Å². The van der Waals surface area contributed by atoms with Crippen molar-refractivity contribution in [1.82, 2.24) is 4.57 Å². The highest BCUT2D eigenvalue weighted by Gasteiger charge is 2.26. The van der Waals surface area contributed by atoms with Gasteiger partial charge in [0.05, 0.1) is 19.9 Å². The first-order valence-electron chi connectivity index (χ1n) is 11.3. The zero-order valence-corrected chi connectivity index (χ0v) is 19.8. The molecule has 34 heavy (non-hydrogen) atoms. The number of rotatable bonds is 6. The molecule has 0 bridgehead atoms. The lowest BCUT2D eigenvalue weighted by molar-refractivity contribution is 0.0971. The highest BCUT2D eigenvalue weighted by atomic mass is 16.5. The maximum absolute atomic E-state index is 13.6. The van der Waals surface area contributed by atoms with Crippen molar-refractivity contribution in [3.05, 3.63) is 81.3 Å². The lowest BCUT2D eigenvalue weighted by Crippen LogP contribution is -2.33. The van der Waals surface area contributed by atoms with Gasteiger partial charge in [0.15, 0.2) is 5.78 Å². The van der Waals surface area contributed by atoms with Crippen LogP contribution >= 0.6 is 0 Å². The average molecular weight is 461 g/mol. The summed E-state index contributed by atoms with van der Waals surface area (Å²) >= 11 is 0. The Morgan fingerprint density at radius 2 is 1.71 bits per heavy atom. The Balaban J connectivity index is 1.83. The van der Waals surface area contributed by atoms with Crippen LogP contribution in [0.5, 0.6) is 11.5 Å². The van der Waals surface area contributed by atoms with Crippen LogP contribution in [-0.2, 0) is 6.42 Å². The van der Waals surface area contributed by atoms with Gasteiger partial charge in [0.1, 0.15) is 17.1 Å². The summed E-state index contributed by atoms with van der Waals surface area (Å²) in [5.74, 6) is 0.607. The fourth-order valence-electron chi connectivity index (χ4n) is 4.24. The summed E-state index contributed by atoms with van der Waals surface area (Å²) < 4.78 is 12.1. The first kappa shape index (κ1) is 23.3. The van der Waals surface area contributed by atoms with Crippen molar-refractivity contribution in [3.63, 3.8) is 0 Å². The second-order valence-electron chi connectivity index (χ2n) is 8.60. The molecule has 0 atom stereocenters. The van der Waals surface area contributed by atoms with Crippen LogP contribution in [0.15, 0.2) is 53.3 Å². The quantitative estimate of drug-likeness (QED) is 0.574. The topological polar surface area (TPSA) is 86.6 Å². The van der Waals surface area contributed by atoms with E-state index in [0.29, 0.717) is 59.3 Å². The molecule has 7 heteroatoms. The van der Waals surface area contributed by atoms with Crippen molar-refractivity contribution in [3.8, 4) is 17.2 Å². The van der Waals surface area contributed by atoms with Gasteiger partial charge >= 0.3 is 0 Å². The van der Waals surface area contributed by atoms with Crippen LogP contribution in [0.2, 0.25) is 0 Å². The third-order valence-electron chi connectivity index (χ3n) is 6.14. The molecule has 4 rings (SSSR count). The maximum Gasteiger partial charge on any atom is 0.268 e. The Morgan fingerprint density at radius 1 is 0.971 bits per heavy atom. The molecule has 1 N–H and O–H groups in total. The second kappa shape index (κ2) is 9.55. The minimum absolute atomic E-state index is 0.0678. The molecular formula is C27H28N2O5. The van der Waals surface area contributed by atoms with Crippen LogP contribution in [0, 0.1) is 0 Å². The standard InChI is InChI=1S/C27H28N2O5/c1-16(2)17-8-10-18(11-9-17)29-23-6-5-7-24(30)20(23)15-21(27(29)32)26(31)28-22-14-19(33-3)12-13-25(22)34-4/h8-16H,5-7H2,1-4H3,(H,28,31). The zero-order valence-electron chi connectivity index (χ0n) is 19.8. The van der Waals surface area contributed by atoms with Crippen molar-refractivity contribution in [2.45, 2.75) is 39.0 Å². The molecule has 0 radical (unpaired) electrons. The first-order chi connectivity index (χ1) is 16.3. The number of ether oxygens (including phenoxy) is 2. The van der Waals surface area contributed by atoms with Crippen LogP contribution in [0.25, 0.3) is 5.69 Å². The molecule has 0 spiro atoms. The Morgan fingerprint density at radius 3 is 2.35 bits per heavy atom. The summed E-state index contributed by atoms with van der Waals surface area (Å²) in [6.45, 7) is 4.19. The fraction of sp³-hybridized carbons (Fsp3) is 0.296. The predicted octanol–water partition coefficient (Wildman–Crippen LogP) is 4.75. The third kappa shape index (κ3) is 4.33. The third-order valence-corrected chi connectivity index (χ3v) is 6.14. The number of methoxy groups -OCH3 is 2. The smallest absolute Gasteiger partial charge is 0.268 e. The van der Waals surface area contributed by atoms with Gasteiger partial charge in [0.25, 0.3) is 11.5 Å². The maximum atomic E-state index is 13.6. The molecule has 176 valence electrons.